The van der Waals surface area contributed by atoms with Gasteiger partial charge < -0.3 is 20.3 Å². The Morgan fingerprint density at radius 1 is 1.31 bits per heavy atom. The van der Waals surface area contributed by atoms with Crippen molar-refractivity contribution >= 4 is 47.2 Å². The molecule has 3 heterocycles. The van der Waals surface area contributed by atoms with Crippen molar-refractivity contribution in [1.82, 2.24) is 25.4 Å². The average Bonchev–Trinajstić information content (AvgIpc) is 3.39. The smallest absolute Gasteiger partial charge is 0.191 e. The Morgan fingerprint density at radius 2 is 2.16 bits per heavy atom. The number of anilines is 1. The number of aromatic nitrogens is 3. The summed E-state index contributed by atoms with van der Waals surface area (Å²) in [6.45, 7) is 6.37. The highest BCUT2D eigenvalue weighted by Gasteiger charge is 2.25. The van der Waals surface area contributed by atoms with E-state index in [1.54, 1.807) is 7.11 Å². The van der Waals surface area contributed by atoms with Crippen LogP contribution in [0.25, 0.3) is 0 Å². The van der Waals surface area contributed by atoms with Crippen LogP contribution < -0.4 is 15.5 Å². The lowest BCUT2D eigenvalue weighted by molar-refractivity contribution is 0.177. The molecule has 2 aromatic rings. The van der Waals surface area contributed by atoms with Crippen molar-refractivity contribution in [1.29, 1.82) is 0 Å². The van der Waals surface area contributed by atoms with Gasteiger partial charge in [-0.05, 0) is 43.4 Å². The Morgan fingerprint density at radius 3 is 2.94 bits per heavy atom. The van der Waals surface area contributed by atoms with Gasteiger partial charge in [0.25, 0.3) is 0 Å². The molecule has 10 heteroatoms. The van der Waals surface area contributed by atoms with E-state index in [2.05, 4.69) is 49.7 Å². The first-order valence-corrected chi connectivity index (χ1v) is 11.3. The van der Waals surface area contributed by atoms with Gasteiger partial charge in [-0.2, -0.15) is 5.10 Å². The van der Waals surface area contributed by atoms with Crippen molar-refractivity contribution in [3.63, 3.8) is 0 Å². The fourth-order valence-electron chi connectivity index (χ4n) is 4.44. The van der Waals surface area contributed by atoms with Crippen molar-refractivity contribution in [2.24, 2.45) is 10.9 Å². The molecule has 2 aliphatic heterocycles. The van der Waals surface area contributed by atoms with Crippen LogP contribution in [0.1, 0.15) is 30.1 Å². The number of hydrogen-bond donors (Lipinski definition) is 2. The lowest BCUT2D eigenvalue weighted by Gasteiger charge is -2.26. The van der Waals surface area contributed by atoms with E-state index in [-0.39, 0.29) is 30.0 Å². The number of nitrogens with zero attached hydrogens (tertiary/aromatic N) is 5. The van der Waals surface area contributed by atoms with Gasteiger partial charge in [0.05, 0.1) is 6.54 Å². The van der Waals surface area contributed by atoms with Crippen LogP contribution >= 0.6 is 35.6 Å². The van der Waals surface area contributed by atoms with Gasteiger partial charge in [0.2, 0.25) is 0 Å². The van der Waals surface area contributed by atoms with Crippen molar-refractivity contribution in [2.45, 2.75) is 45.4 Å². The number of rotatable bonds is 6. The zero-order chi connectivity index (χ0) is 21.8. The summed E-state index contributed by atoms with van der Waals surface area (Å²) in [5.74, 6) is 3.21. The first-order valence-electron chi connectivity index (χ1n) is 11.0. The molecule has 2 aliphatic rings. The standard InChI is InChI=1S/C22H32ClN7O.HI/c1-15-4-5-17(23)10-19(15)29-9-8-16(12-29)11-25-22(24-2)26-18-6-7-21-27-20(14-31-3)28-30(21)13-18;/h4-5,10,16,18H,6-9,11-14H2,1-3H3,(H2,24,25,26);1H. The van der Waals surface area contributed by atoms with Crippen LogP contribution in [-0.4, -0.2) is 60.6 Å². The molecule has 0 aliphatic carbocycles. The maximum Gasteiger partial charge on any atom is 0.191 e. The van der Waals surface area contributed by atoms with Crippen molar-refractivity contribution in [3.05, 3.63) is 40.4 Å². The van der Waals surface area contributed by atoms with E-state index in [0.717, 1.165) is 68.1 Å². The van der Waals surface area contributed by atoms with E-state index in [1.165, 1.54) is 11.3 Å². The number of halogens is 2. The molecular weight excluding hydrogens is 541 g/mol. The second-order valence-corrected chi connectivity index (χ2v) is 8.86. The number of hydrogen-bond acceptors (Lipinski definition) is 5. The third-order valence-electron chi connectivity index (χ3n) is 6.10. The molecule has 4 rings (SSSR count). The van der Waals surface area contributed by atoms with Crippen molar-refractivity contribution in [2.75, 3.05) is 38.7 Å². The maximum atomic E-state index is 6.22. The minimum Gasteiger partial charge on any atom is -0.377 e. The molecule has 0 spiro atoms. The Hall–Kier alpha value is -1.59. The number of benzene rings is 1. The Labute approximate surface area is 212 Å². The quantitative estimate of drug-likeness (QED) is 0.314. The number of nitrogens with one attached hydrogen (secondary N) is 2. The zero-order valence-corrected chi connectivity index (χ0v) is 22.1. The van der Waals surface area contributed by atoms with E-state index in [1.807, 2.05) is 17.8 Å². The first kappa shape index (κ1) is 25.0. The lowest BCUT2D eigenvalue weighted by atomic mass is 10.1. The second-order valence-electron chi connectivity index (χ2n) is 8.42. The second kappa shape index (κ2) is 11.5. The molecule has 2 unspecified atom stereocenters. The minimum atomic E-state index is 0. The summed E-state index contributed by atoms with van der Waals surface area (Å²) in [6, 6.07) is 6.41. The molecule has 0 saturated carbocycles. The maximum absolute atomic E-state index is 6.22. The van der Waals surface area contributed by atoms with Crippen LogP contribution in [0, 0.1) is 12.8 Å². The summed E-state index contributed by atoms with van der Waals surface area (Å²) in [6.07, 6.45) is 3.07. The van der Waals surface area contributed by atoms with Crippen LogP contribution in [0.15, 0.2) is 23.2 Å². The largest absolute Gasteiger partial charge is 0.377 e. The summed E-state index contributed by atoms with van der Waals surface area (Å²) in [7, 11) is 3.49. The van der Waals surface area contributed by atoms with E-state index in [9.17, 15) is 0 Å². The van der Waals surface area contributed by atoms with Gasteiger partial charge >= 0.3 is 0 Å². The molecule has 1 aromatic heterocycles. The molecule has 8 nitrogen and oxygen atoms in total. The highest BCUT2D eigenvalue weighted by molar-refractivity contribution is 14.0. The molecule has 0 bridgehead atoms. The van der Waals surface area contributed by atoms with Crippen LogP contribution in [0.3, 0.4) is 0 Å². The van der Waals surface area contributed by atoms with E-state index in [0.29, 0.717) is 12.5 Å². The Bertz CT molecular complexity index is 935. The van der Waals surface area contributed by atoms with Crippen molar-refractivity contribution < 1.29 is 4.74 Å². The van der Waals surface area contributed by atoms with Gasteiger partial charge in [-0.1, -0.05) is 17.7 Å². The summed E-state index contributed by atoms with van der Waals surface area (Å²) in [5, 5.41) is 12.4. The van der Waals surface area contributed by atoms with E-state index < -0.39 is 0 Å². The predicted molar refractivity (Wildman–Crippen MR) is 139 cm³/mol. The molecule has 0 radical (unpaired) electrons. The fourth-order valence-corrected chi connectivity index (χ4v) is 4.61. The molecule has 1 fully saturated rings. The van der Waals surface area contributed by atoms with E-state index >= 15 is 0 Å². The molecule has 32 heavy (non-hydrogen) atoms. The number of aryl methyl sites for hydroxylation is 2. The third kappa shape index (κ3) is 6.05. The van der Waals surface area contributed by atoms with Crippen LogP contribution in [-0.2, 0) is 24.3 Å². The topological polar surface area (TPSA) is 79.6 Å². The van der Waals surface area contributed by atoms with Gasteiger partial charge in [0.1, 0.15) is 12.4 Å². The van der Waals surface area contributed by atoms with Gasteiger partial charge in [-0.25, -0.2) is 9.67 Å². The number of fused-ring (bicyclic) bond motifs is 1. The summed E-state index contributed by atoms with van der Waals surface area (Å²) >= 11 is 6.22. The highest BCUT2D eigenvalue weighted by Crippen LogP contribution is 2.29. The minimum absolute atomic E-state index is 0. The number of aliphatic imine (C=N–C) groups is 1. The van der Waals surface area contributed by atoms with Gasteiger partial charge in [0.15, 0.2) is 11.8 Å². The molecular formula is C22H33ClIN7O. The number of methoxy groups -OCH3 is 1. The number of ether oxygens (including phenoxy) is 1. The molecule has 176 valence electrons. The Kier molecular flexibility index (Phi) is 9.01. The number of guanidine groups is 1. The van der Waals surface area contributed by atoms with Gasteiger partial charge in [-0.3, -0.25) is 4.99 Å². The summed E-state index contributed by atoms with van der Waals surface area (Å²) in [4.78, 5) is 11.4. The van der Waals surface area contributed by atoms with Crippen molar-refractivity contribution in [3.8, 4) is 0 Å². The monoisotopic (exact) mass is 573 g/mol. The Balaban J connectivity index is 0.00000289. The summed E-state index contributed by atoms with van der Waals surface area (Å²) < 4.78 is 7.14. The first-order chi connectivity index (χ1) is 15.1. The third-order valence-corrected chi connectivity index (χ3v) is 6.33. The molecule has 1 aromatic carbocycles. The predicted octanol–water partition coefficient (Wildman–Crippen LogP) is 3.01. The molecule has 1 saturated heterocycles. The van der Waals surface area contributed by atoms with Gasteiger partial charge in [-0.15, -0.1) is 24.0 Å². The SMILES string of the molecule is CN=C(NCC1CCN(c2cc(Cl)ccc2C)C1)NC1CCc2nc(COC)nn2C1.I. The lowest BCUT2D eigenvalue weighted by Crippen LogP contribution is -2.48. The zero-order valence-electron chi connectivity index (χ0n) is 19.0. The van der Waals surface area contributed by atoms with Gasteiger partial charge in [0, 0.05) is 57.0 Å². The van der Waals surface area contributed by atoms with Crippen LogP contribution in [0.4, 0.5) is 5.69 Å². The fraction of sp³-hybridized carbons (Fsp3) is 0.591. The summed E-state index contributed by atoms with van der Waals surface area (Å²) in [5.41, 5.74) is 2.52. The molecule has 0 amide bonds. The van der Waals surface area contributed by atoms with Crippen LogP contribution in [0.5, 0.6) is 0 Å². The van der Waals surface area contributed by atoms with E-state index in [4.69, 9.17) is 16.3 Å². The van der Waals surface area contributed by atoms with Crippen LogP contribution in [0.2, 0.25) is 5.02 Å². The highest BCUT2D eigenvalue weighted by atomic mass is 127. The molecule has 2 N–H and O–H groups in total. The average molecular weight is 574 g/mol. The normalized spacial score (nSPS) is 20.6. The molecule has 2 atom stereocenters.